The van der Waals surface area contributed by atoms with Crippen LogP contribution in [-0.2, 0) is 4.79 Å². The molecule has 0 aliphatic heterocycles. The van der Waals surface area contributed by atoms with E-state index in [1.165, 1.54) is 0 Å². The zero-order valence-corrected chi connectivity index (χ0v) is 8.81. The van der Waals surface area contributed by atoms with E-state index in [-0.39, 0.29) is 5.91 Å². The quantitative estimate of drug-likeness (QED) is 0.530. The molecule has 0 saturated heterocycles. The fraction of sp³-hybridized carbons (Fsp3) is 0.900. The maximum Gasteiger partial charge on any atom is 0.221 e. The predicted molar refractivity (Wildman–Crippen MR) is 55.0 cm³/mol. The van der Waals surface area contributed by atoms with Crippen molar-refractivity contribution in [2.45, 2.75) is 38.2 Å². The predicted octanol–water partition coefficient (Wildman–Crippen LogP) is 0.0172. The molecular formula is C10H20N2O2. The molecule has 0 unspecified atom stereocenters. The van der Waals surface area contributed by atoms with Gasteiger partial charge in [-0.15, -0.1) is 0 Å². The van der Waals surface area contributed by atoms with Crippen molar-refractivity contribution in [1.29, 1.82) is 0 Å². The highest BCUT2D eigenvalue weighted by Crippen LogP contribution is 2.30. The number of amides is 1. The Morgan fingerprint density at radius 3 is 2.71 bits per heavy atom. The van der Waals surface area contributed by atoms with Crippen LogP contribution in [0.3, 0.4) is 0 Å². The van der Waals surface area contributed by atoms with Gasteiger partial charge in [0.25, 0.3) is 0 Å². The lowest BCUT2D eigenvalue weighted by molar-refractivity contribution is -0.123. The Morgan fingerprint density at radius 1 is 1.50 bits per heavy atom. The van der Waals surface area contributed by atoms with Crippen LogP contribution in [0, 0.1) is 0 Å². The highest BCUT2D eigenvalue weighted by atomic mass is 16.3. The Hall–Kier alpha value is -0.610. The lowest BCUT2D eigenvalue weighted by Gasteiger charge is -2.36. The van der Waals surface area contributed by atoms with Gasteiger partial charge in [0.2, 0.25) is 5.91 Å². The van der Waals surface area contributed by atoms with Gasteiger partial charge in [0, 0.05) is 19.5 Å². The second-order valence-electron chi connectivity index (χ2n) is 3.96. The minimum Gasteiger partial charge on any atom is -0.388 e. The van der Waals surface area contributed by atoms with Crippen LogP contribution in [-0.4, -0.2) is 36.2 Å². The monoisotopic (exact) mass is 200 g/mol. The number of aliphatic hydroxyl groups is 1. The molecule has 0 aromatic rings. The van der Waals surface area contributed by atoms with Crippen molar-refractivity contribution in [2.24, 2.45) is 0 Å². The lowest BCUT2D eigenvalue weighted by atomic mass is 9.80. The molecule has 1 aliphatic carbocycles. The third-order valence-electron chi connectivity index (χ3n) is 2.68. The van der Waals surface area contributed by atoms with Crippen molar-refractivity contribution >= 4 is 5.91 Å². The van der Waals surface area contributed by atoms with E-state index < -0.39 is 5.60 Å². The second kappa shape index (κ2) is 5.32. The van der Waals surface area contributed by atoms with Gasteiger partial charge in [-0.3, -0.25) is 4.79 Å². The molecule has 0 aromatic carbocycles. The van der Waals surface area contributed by atoms with Gasteiger partial charge in [0.15, 0.2) is 0 Å². The van der Waals surface area contributed by atoms with E-state index in [0.717, 1.165) is 25.8 Å². The summed E-state index contributed by atoms with van der Waals surface area (Å²) in [6, 6.07) is 0. The maximum absolute atomic E-state index is 11.2. The molecule has 14 heavy (non-hydrogen) atoms. The van der Waals surface area contributed by atoms with Gasteiger partial charge in [0.05, 0.1) is 5.60 Å². The first-order valence-corrected chi connectivity index (χ1v) is 5.36. The first-order valence-electron chi connectivity index (χ1n) is 5.36. The molecule has 4 nitrogen and oxygen atoms in total. The van der Waals surface area contributed by atoms with E-state index in [9.17, 15) is 9.90 Å². The summed E-state index contributed by atoms with van der Waals surface area (Å²) in [5.41, 5.74) is -0.603. The van der Waals surface area contributed by atoms with Crippen molar-refractivity contribution in [1.82, 2.24) is 10.6 Å². The van der Waals surface area contributed by atoms with Crippen molar-refractivity contribution in [3.63, 3.8) is 0 Å². The largest absolute Gasteiger partial charge is 0.388 e. The van der Waals surface area contributed by atoms with Crippen LogP contribution >= 0.6 is 0 Å². The van der Waals surface area contributed by atoms with E-state index in [2.05, 4.69) is 10.6 Å². The topological polar surface area (TPSA) is 61.4 Å². The maximum atomic E-state index is 11.2. The van der Waals surface area contributed by atoms with Crippen molar-refractivity contribution in [3.8, 4) is 0 Å². The van der Waals surface area contributed by atoms with Crippen molar-refractivity contribution in [2.75, 3.05) is 19.6 Å². The minimum absolute atomic E-state index is 0.0197. The van der Waals surface area contributed by atoms with Crippen molar-refractivity contribution in [3.05, 3.63) is 0 Å². The van der Waals surface area contributed by atoms with Crippen LogP contribution in [0.1, 0.15) is 32.6 Å². The number of hydrogen-bond acceptors (Lipinski definition) is 3. The fourth-order valence-electron chi connectivity index (χ4n) is 1.49. The number of carbonyl (C=O) groups excluding carboxylic acids is 1. The Kier molecular flexibility index (Phi) is 4.35. The molecule has 1 saturated carbocycles. The molecule has 1 aliphatic rings. The van der Waals surface area contributed by atoms with E-state index in [0.29, 0.717) is 19.5 Å². The minimum atomic E-state index is -0.603. The SMILES string of the molecule is CCNCCC(=O)NCC1(O)CCC1. The smallest absolute Gasteiger partial charge is 0.221 e. The summed E-state index contributed by atoms with van der Waals surface area (Å²) in [4.78, 5) is 11.2. The van der Waals surface area contributed by atoms with E-state index in [1.807, 2.05) is 6.92 Å². The Balaban J connectivity index is 2.03. The second-order valence-corrected chi connectivity index (χ2v) is 3.96. The van der Waals surface area contributed by atoms with Crippen LogP contribution in [0.5, 0.6) is 0 Å². The van der Waals surface area contributed by atoms with E-state index >= 15 is 0 Å². The standard InChI is InChI=1S/C10H20N2O2/c1-2-11-7-4-9(13)12-8-10(14)5-3-6-10/h11,14H,2-8H2,1H3,(H,12,13). The summed E-state index contributed by atoms with van der Waals surface area (Å²) in [5.74, 6) is 0.0197. The average molecular weight is 200 g/mol. The van der Waals surface area contributed by atoms with Gasteiger partial charge in [0.1, 0.15) is 0 Å². The van der Waals surface area contributed by atoms with Gasteiger partial charge in [-0.2, -0.15) is 0 Å². The van der Waals surface area contributed by atoms with Gasteiger partial charge in [-0.25, -0.2) is 0 Å². The summed E-state index contributed by atoms with van der Waals surface area (Å²) >= 11 is 0. The van der Waals surface area contributed by atoms with E-state index in [1.54, 1.807) is 0 Å². The summed E-state index contributed by atoms with van der Waals surface area (Å²) < 4.78 is 0. The zero-order valence-electron chi connectivity index (χ0n) is 8.81. The molecule has 1 amide bonds. The molecular weight excluding hydrogens is 180 g/mol. The number of rotatable bonds is 6. The van der Waals surface area contributed by atoms with Crippen molar-refractivity contribution < 1.29 is 9.90 Å². The van der Waals surface area contributed by atoms with Gasteiger partial charge >= 0.3 is 0 Å². The molecule has 0 radical (unpaired) electrons. The summed E-state index contributed by atoms with van der Waals surface area (Å²) in [5, 5.41) is 15.5. The Morgan fingerprint density at radius 2 is 2.21 bits per heavy atom. The van der Waals surface area contributed by atoms with Gasteiger partial charge in [-0.05, 0) is 25.8 Å². The molecule has 1 rings (SSSR count). The molecule has 4 heteroatoms. The lowest BCUT2D eigenvalue weighted by Crippen LogP contribution is -2.48. The first kappa shape index (κ1) is 11.5. The highest BCUT2D eigenvalue weighted by molar-refractivity contribution is 5.76. The van der Waals surface area contributed by atoms with E-state index in [4.69, 9.17) is 0 Å². The zero-order chi connectivity index (χ0) is 10.4. The van der Waals surface area contributed by atoms with Crippen LogP contribution in [0.15, 0.2) is 0 Å². The third kappa shape index (κ3) is 3.64. The number of carbonyl (C=O) groups is 1. The average Bonchev–Trinajstić information content (AvgIpc) is 2.12. The summed E-state index contributed by atoms with van der Waals surface area (Å²) in [6.45, 7) is 4.02. The van der Waals surface area contributed by atoms with Crippen LogP contribution in [0.2, 0.25) is 0 Å². The molecule has 82 valence electrons. The first-order chi connectivity index (χ1) is 6.66. The Labute approximate surface area is 85.1 Å². The van der Waals surface area contributed by atoms with Crippen LogP contribution < -0.4 is 10.6 Å². The summed E-state index contributed by atoms with van der Waals surface area (Å²) in [6.07, 6.45) is 3.20. The molecule has 0 spiro atoms. The highest BCUT2D eigenvalue weighted by Gasteiger charge is 2.34. The third-order valence-corrected chi connectivity index (χ3v) is 2.68. The molecule has 0 aromatic heterocycles. The summed E-state index contributed by atoms with van der Waals surface area (Å²) in [7, 11) is 0. The van der Waals surface area contributed by atoms with Gasteiger partial charge < -0.3 is 15.7 Å². The molecule has 0 atom stereocenters. The molecule has 0 bridgehead atoms. The van der Waals surface area contributed by atoms with Crippen LogP contribution in [0.25, 0.3) is 0 Å². The number of nitrogens with one attached hydrogen (secondary N) is 2. The van der Waals surface area contributed by atoms with Gasteiger partial charge in [-0.1, -0.05) is 6.92 Å². The number of hydrogen-bond donors (Lipinski definition) is 3. The molecule has 0 heterocycles. The molecule has 1 fully saturated rings. The van der Waals surface area contributed by atoms with Crippen LogP contribution in [0.4, 0.5) is 0 Å². The normalized spacial score (nSPS) is 18.7. The fourth-order valence-corrected chi connectivity index (χ4v) is 1.49. The molecule has 3 N–H and O–H groups in total. The Bertz CT molecular complexity index is 191.